The Labute approximate surface area is 195 Å². The first kappa shape index (κ1) is 22.4. The van der Waals surface area contributed by atoms with Crippen LogP contribution in [0.15, 0.2) is 48.5 Å². The molecule has 0 atom stereocenters. The van der Waals surface area contributed by atoms with Crippen molar-refractivity contribution in [2.24, 2.45) is 0 Å². The van der Waals surface area contributed by atoms with Gasteiger partial charge in [-0.3, -0.25) is 0 Å². The van der Waals surface area contributed by atoms with Crippen molar-refractivity contribution in [3.05, 3.63) is 81.2 Å². The van der Waals surface area contributed by atoms with E-state index in [9.17, 15) is 15.0 Å². The van der Waals surface area contributed by atoms with E-state index in [0.717, 1.165) is 36.8 Å². The lowest BCUT2D eigenvalue weighted by molar-refractivity contribution is 0.0682. The second-order valence-electron chi connectivity index (χ2n) is 8.01. The van der Waals surface area contributed by atoms with Crippen LogP contribution in [0.3, 0.4) is 0 Å². The molecule has 166 valence electrons. The number of carboxylic acids is 1. The fourth-order valence-electron chi connectivity index (χ4n) is 4.37. The Bertz CT molecular complexity index is 1130. The molecular formula is C24H22Cl2N2O4. The molecule has 0 radical (unpaired) electrons. The Morgan fingerprint density at radius 3 is 2.47 bits per heavy atom. The molecule has 2 aromatic carbocycles. The van der Waals surface area contributed by atoms with Gasteiger partial charge in [-0.15, -0.1) is 0 Å². The average molecular weight is 473 g/mol. The van der Waals surface area contributed by atoms with Gasteiger partial charge in [-0.2, -0.15) is 4.98 Å². The van der Waals surface area contributed by atoms with Crippen LogP contribution in [-0.2, 0) is 18.4 Å². The number of hydrogen-bond donors (Lipinski definition) is 2. The summed E-state index contributed by atoms with van der Waals surface area (Å²) in [5.74, 6) is -1.81. The number of rotatable bonds is 7. The number of carboxylic acid groups (broad SMARTS) is 1. The van der Waals surface area contributed by atoms with E-state index in [4.69, 9.17) is 27.9 Å². The first-order valence-corrected chi connectivity index (χ1v) is 11.1. The normalized spacial score (nSPS) is 14.9. The number of ether oxygens (including phenoxy) is 1. The highest BCUT2D eigenvalue weighted by atomic mass is 35.5. The molecule has 1 fully saturated rings. The minimum atomic E-state index is -1.30. The predicted molar refractivity (Wildman–Crippen MR) is 122 cm³/mol. The average Bonchev–Trinajstić information content (AvgIpc) is 3.24. The van der Waals surface area contributed by atoms with E-state index < -0.39 is 11.8 Å². The lowest BCUT2D eigenvalue weighted by atomic mass is 9.76. The summed E-state index contributed by atoms with van der Waals surface area (Å²) in [5.41, 5.74) is 0.978. The Hall–Kier alpha value is -2.83. The Kier molecular flexibility index (Phi) is 6.53. The van der Waals surface area contributed by atoms with Gasteiger partial charge < -0.3 is 14.9 Å². The van der Waals surface area contributed by atoms with Crippen LogP contribution in [0.25, 0.3) is 0 Å². The zero-order valence-corrected chi connectivity index (χ0v) is 18.7. The molecule has 4 rings (SSSR count). The summed E-state index contributed by atoms with van der Waals surface area (Å²) in [7, 11) is 0. The third-order valence-corrected chi connectivity index (χ3v) is 6.44. The van der Waals surface area contributed by atoms with Gasteiger partial charge in [0.1, 0.15) is 12.4 Å². The third-order valence-electron chi connectivity index (χ3n) is 5.88. The monoisotopic (exact) mass is 472 g/mol. The molecule has 0 bridgehead atoms. The minimum absolute atomic E-state index is 0.0828. The van der Waals surface area contributed by atoms with Gasteiger partial charge in [0.25, 0.3) is 5.88 Å². The van der Waals surface area contributed by atoms with Crippen LogP contribution in [0.1, 0.15) is 53.1 Å². The van der Waals surface area contributed by atoms with Crippen molar-refractivity contribution >= 4 is 29.2 Å². The smallest absolute Gasteiger partial charge is 0.358 e. The molecule has 1 aliphatic rings. The number of nitrogens with zero attached hydrogens (tertiary/aromatic N) is 2. The van der Waals surface area contributed by atoms with E-state index in [0.29, 0.717) is 16.5 Å². The Morgan fingerprint density at radius 2 is 1.78 bits per heavy atom. The fraction of sp³-hybridized carbons (Fsp3) is 0.292. The van der Waals surface area contributed by atoms with E-state index in [2.05, 4.69) is 9.97 Å². The predicted octanol–water partition coefficient (Wildman–Crippen LogP) is 5.82. The highest BCUT2D eigenvalue weighted by molar-refractivity contribution is 6.33. The van der Waals surface area contributed by atoms with Crippen molar-refractivity contribution in [1.82, 2.24) is 9.97 Å². The highest BCUT2D eigenvalue weighted by Crippen LogP contribution is 2.46. The molecule has 0 unspecified atom stereocenters. The quantitative estimate of drug-likeness (QED) is 0.449. The van der Waals surface area contributed by atoms with Crippen molar-refractivity contribution in [2.75, 3.05) is 0 Å². The molecule has 6 nitrogen and oxygen atoms in total. The van der Waals surface area contributed by atoms with Gasteiger partial charge in [-0.1, -0.05) is 66.4 Å². The van der Waals surface area contributed by atoms with E-state index in [1.54, 1.807) is 12.1 Å². The van der Waals surface area contributed by atoms with Gasteiger partial charge in [0.05, 0.1) is 0 Å². The summed E-state index contributed by atoms with van der Waals surface area (Å²) < 4.78 is 5.59. The number of aromatic carboxylic acids is 1. The zero-order chi connectivity index (χ0) is 22.7. The first-order valence-electron chi connectivity index (χ1n) is 10.3. The molecule has 8 heteroatoms. The fourth-order valence-corrected chi connectivity index (χ4v) is 4.86. The molecular weight excluding hydrogens is 451 g/mol. The number of halogens is 2. The Morgan fingerprint density at radius 1 is 1.06 bits per heavy atom. The lowest BCUT2D eigenvalue weighted by Gasteiger charge is -2.30. The van der Waals surface area contributed by atoms with Crippen LogP contribution in [0.2, 0.25) is 10.0 Å². The summed E-state index contributed by atoms with van der Waals surface area (Å²) in [6.45, 7) is 0.0828. The number of benzene rings is 2. The molecule has 1 saturated carbocycles. The molecule has 0 spiro atoms. The SMILES string of the molecule is O=C(O)c1nc(CC2(c3cc(Cl)ccc3Cl)CCCC2)nc(O)c1OCc1ccccc1. The number of carbonyl (C=O) groups is 1. The number of aromatic nitrogens is 2. The Balaban J connectivity index is 1.67. The summed E-state index contributed by atoms with van der Waals surface area (Å²) >= 11 is 12.7. The van der Waals surface area contributed by atoms with E-state index in [1.807, 2.05) is 36.4 Å². The first-order chi connectivity index (χ1) is 15.4. The maximum atomic E-state index is 11.9. The van der Waals surface area contributed by atoms with Crippen molar-refractivity contribution in [2.45, 2.75) is 44.1 Å². The molecule has 1 aromatic heterocycles. The topological polar surface area (TPSA) is 92.5 Å². The minimum Gasteiger partial charge on any atom is -0.491 e. The molecule has 1 heterocycles. The van der Waals surface area contributed by atoms with Gasteiger partial charge in [0, 0.05) is 21.9 Å². The van der Waals surface area contributed by atoms with Gasteiger partial charge in [-0.25, -0.2) is 9.78 Å². The molecule has 0 aliphatic heterocycles. The van der Waals surface area contributed by atoms with Gasteiger partial charge in [0.2, 0.25) is 5.75 Å². The van der Waals surface area contributed by atoms with Crippen molar-refractivity contribution in [3.8, 4) is 11.6 Å². The summed E-state index contributed by atoms with van der Waals surface area (Å²) in [4.78, 5) is 20.4. The van der Waals surface area contributed by atoms with Gasteiger partial charge >= 0.3 is 5.97 Å². The van der Waals surface area contributed by atoms with E-state index in [-0.39, 0.29) is 29.3 Å². The maximum Gasteiger partial charge on any atom is 0.358 e. The highest BCUT2D eigenvalue weighted by Gasteiger charge is 2.39. The molecule has 2 N–H and O–H groups in total. The summed E-state index contributed by atoms with van der Waals surface area (Å²) in [6, 6.07) is 14.6. The zero-order valence-electron chi connectivity index (χ0n) is 17.2. The van der Waals surface area contributed by atoms with Crippen molar-refractivity contribution in [1.29, 1.82) is 0 Å². The van der Waals surface area contributed by atoms with Crippen LogP contribution >= 0.6 is 23.2 Å². The van der Waals surface area contributed by atoms with Crippen LogP contribution in [-0.4, -0.2) is 26.2 Å². The molecule has 1 aliphatic carbocycles. The molecule has 0 amide bonds. The molecule has 3 aromatic rings. The maximum absolute atomic E-state index is 11.9. The standard InChI is InChI=1S/C24H22Cl2N2O4/c25-16-8-9-18(26)17(12-16)24(10-4-5-11-24)13-19-27-20(23(30)31)21(22(29)28-19)32-14-15-6-2-1-3-7-15/h1-3,6-9,12H,4-5,10-11,13-14H2,(H,30,31)(H,27,28,29). The van der Waals surface area contributed by atoms with Crippen LogP contribution < -0.4 is 4.74 Å². The van der Waals surface area contributed by atoms with Gasteiger partial charge in [0.15, 0.2) is 5.69 Å². The number of hydrogen-bond acceptors (Lipinski definition) is 5. The van der Waals surface area contributed by atoms with Gasteiger partial charge in [-0.05, 0) is 42.2 Å². The van der Waals surface area contributed by atoms with Crippen molar-refractivity contribution in [3.63, 3.8) is 0 Å². The van der Waals surface area contributed by atoms with Crippen molar-refractivity contribution < 1.29 is 19.7 Å². The van der Waals surface area contributed by atoms with Crippen LogP contribution in [0.4, 0.5) is 0 Å². The van der Waals surface area contributed by atoms with Crippen LogP contribution in [0.5, 0.6) is 11.6 Å². The summed E-state index contributed by atoms with van der Waals surface area (Å²) in [5, 5.41) is 21.4. The number of aromatic hydroxyl groups is 1. The lowest BCUT2D eigenvalue weighted by Crippen LogP contribution is -2.27. The second-order valence-corrected chi connectivity index (χ2v) is 8.85. The van der Waals surface area contributed by atoms with Crippen LogP contribution in [0, 0.1) is 0 Å². The van der Waals surface area contributed by atoms with E-state index >= 15 is 0 Å². The van der Waals surface area contributed by atoms with E-state index in [1.165, 1.54) is 0 Å². The molecule has 0 saturated heterocycles. The molecule has 32 heavy (non-hydrogen) atoms. The summed E-state index contributed by atoms with van der Waals surface area (Å²) in [6.07, 6.45) is 4.01. The second kappa shape index (κ2) is 9.35. The largest absolute Gasteiger partial charge is 0.491 e. The third kappa shape index (κ3) is 4.66.